The molecule has 49 heavy (non-hydrogen) atoms. The van der Waals surface area contributed by atoms with Gasteiger partial charge in [0.2, 0.25) is 0 Å². The van der Waals surface area contributed by atoms with Gasteiger partial charge in [-0.15, -0.1) is 0 Å². The van der Waals surface area contributed by atoms with Crippen LogP contribution in [0.2, 0.25) is 0 Å². The maximum atomic E-state index is 11.9. The second-order valence-corrected chi connectivity index (χ2v) is 12.9. The van der Waals surface area contributed by atoms with E-state index in [1.54, 1.807) is 6.08 Å². The maximum Gasteiger partial charge on any atom is 0.407 e. The molecule has 2 fully saturated rings. The molecule has 0 aromatic heterocycles. The monoisotopic (exact) mass is 661 g/mol. The Kier molecular flexibility index (Phi) is 11.9. The SMILES string of the molecule is C=CCOC(=O)NCc1cccc(-c2ccc([C@@H]3O[C@H](CN4CCN(Cc5ccccc5)CC4)[C@H](C)[C@H](c4ccc(CO)cc4)O3)cc2)c1. The zero-order chi connectivity index (χ0) is 34.0. The van der Waals surface area contributed by atoms with Crippen LogP contribution in [0.15, 0.2) is 116 Å². The Morgan fingerprint density at radius 3 is 2.24 bits per heavy atom. The number of nitrogens with one attached hydrogen (secondary N) is 1. The summed E-state index contributed by atoms with van der Waals surface area (Å²) in [4.78, 5) is 16.9. The summed E-state index contributed by atoms with van der Waals surface area (Å²) in [6.07, 6.45) is 0.373. The number of rotatable bonds is 12. The van der Waals surface area contributed by atoms with Crippen molar-refractivity contribution in [2.24, 2.45) is 5.92 Å². The minimum atomic E-state index is -0.519. The van der Waals surface area contributed by atoms with Crippen molar-refractivity contribution in [2.75, 3.05) is 39.3 Å². The van der Waals surface area contributed by atoms with Gasteiger partial charge in [-0.3, -0.25) is 9.80 Å². The molecule has 4 aromatic rings. The van der Waals surface area contributed by atoms with Crippen LogP contribution in [-0.4, -0.2) is 66.4 Å². The van der Waals surface area contributed by atoms with Gasteiger partial charge in [0.1, 0.15) is 6.61 Å². The molecule has 6 rings (SSSR count). The number of nitrogens with zero attached hydrogens (tertiary/aromatic N) is 2. The van der Waals surface area contributed by atoms with E-state index in [0.717, 1.165) is 72.6 Å². The van der Waals surface area contributed by atoms with Crippen LogP contribution in [0, 0.1) is 5.92 Å². The lowest BCUT2D eigenvalue weighted by molar-refractivity contribution is -0.276. The van der Waals surface area contributed by atoms with E-state index in [9.17, 15) is 9.90 Å². The van der Waals surface area contributed by atoms with Gasteiger partial charge in [-0.05, 0) is 39.4 Å². The summed E-state index contributed by atoms with van der Waals surface area (Å²) in [5, 5.41) is 12.4. The molecule has 2 aliphatic heterocycles. The number of aliphatic hydroxyl groups excluding tert-OH is 1. The molecular weight excluding hydrogens is 614 g/mol. The number of alkyl carbamates (subject to hydrolysis) is 1. The van der Waals surface area contributed by atoms with Gasteiger partial charge < -0.3 is 24.6 Å². The van der Waals surface area contributed by atoms with Gasteiger partial charge in [-0.2, -0.15) is 0 Å². The summed E-state index contributed by atoms with van der Waals surface area (Å²) in [6, 6.07) is 35.2. The standard InChI is InChI=1S/C41H47N3O5/c1-3-24-47-41(46)42-26-33-10-7-11-37(25-33)34-16-18-36(19-17-34)40-48-38(30(2)39(49-40)35-14-12-32(29-45)13-15-35)28-44-22-20-43(21-23-44)27-31-8-5-4-6-9-31/h3-19,25,30,38-40,45H,1,20-24,26-29H2,2H3,(H,42,46)/t30-,38+,39+,40+/m0/s1. The average molecular weight is 662 g/mol. The summed E-state index contributed by atoms with van der Waals surface area (Å²) < 4.78 is 18.5. The fourth-order valence-electron chi connectivity index (χ4n) is 6.61. The number of aliphatic hydroxyl groups is 1. The Bertz CT molecular complexity index is 1640. The topological polar surface area (TPSA) is 83.5 Å². The molecule has 2 heterocycles. The van der Waals surface area contributed by atoms with Crippen LogP contribution < -0.4 is 5.32 Å². The Labute approximate surface area is 289 Å². The first-order chi connectivity index (χ1) is 24.0. The molecule has 0 bridgehead atoms. The van der Waals surface area contributed by atoms with E-state index in [2.05, 4.69) is 107 Å². The van der Waals surface area contributed by atoms with Crippen molar-refractivity contribution in [2.45, 2.75) is 45.1 Å². The van der Waals surface area contributed by atoms with Crippen molar-refractivity contribution in [3.8, 4) is 11.1 Å². The molecule has 256 valence electrons. The molecule has 4 aromatic carbocycles. The predicted molar refractivity (Wildman–Crippen MR) is 191 cm³/mol. The average Bonchev–Trinajstić information content (AvgIpc) is 3.15. The van der Waals surface area contributed by atoms with Crippen LogP contribution >= 0.6 is 0 Å². The van der Waals surface area contributed by atoms with E-state index in [0.29, 0.717) is 6.54 Å². The lowest BCUT2D eigenvalue weighted by Crippen LogP contribution is -2.51. The molecule has 0 spiro atoms. The van der Waals surface area contributed by atoms with Gasteiger partial charge >= 0.3 is 6.09 Å². The van der Waals surface area contributed by atoms with Gasteiger partial charge in [-0.1, -0.05) is 117 Å². The van der Waals surface area contributed by atoms with Crippen LogP contribution in [0.3, 0.4) is 0 Å². The van der Waals surface area contributed by atoms with Gasteiger partial charge in [0.25, 0.3) is 0 Å². The first-order valence-corrected chi connectivity index (χ1v) is 17.2. The minimum absolute atomic E-state index is 0.0139. The number of amides is 1. The number of carbonyl (C=O) groups is 1. The molecule has 2 aliphatic rings. The van der Waals surface area contributed by atoms with E-state index in [1.165, 1.54) is 5.56 Å². The van der Waals surface area contributed by atoms with Crippen molar-refractivity contribution < 1.29 is 24.1 Å². The van der Waals surface area contributed by atoms with Crippen LogP contribution in [-0.2, 0) is 33.9 Å². The lowest BCUT2D eigenvalue weighted by Gasteiger charge is -2.44. The zero-order valence-electron chi connectivity index (χ0n) is 28.2. The molecule has 0 aliphatic carbocycles. The number of hydrogen-bond acceptors (Lipinski definition) is 7. The van der Waals surface area contributed by atoms with E-state index in [-0.39, 0.29) is 31.3 Å². The number of ether oxygens (including phenoxy) is 3. The Morgan fingerprint density at radius 2 is 1.53 bits per heavy atom. The van der Waals surface area contributed by atoms with Crippen LogP contribution in [0.4, 0.5) is 4.79 Å². The molecular formula is C41H47N3O5. The summed E-state index contributed by atoms with van der Waals surface area (Å²) >= 11 is 0. The smallest absolute Gasteiger partial charge is 0.407 e. The molecule has 8 heteroatoms. The van der Waals surface area contributed by atoms with E-state index in [4.69, 9.17) is 14.2 Å². The number of carbonyl (C=O) groups excluding carboxylic acids is 1. The Balaban J connectivity index is 1.14. The van der Waals surface area contributed by atoms with Crippen molar-refractivity contribution in [3.63, 3.8) is 0 Å². The molecule has 0 unspecified atom stereocenters. The number of piperazine rings is 1. The highest BCUT2D eigenvalue weighted by Gasteiger charge is 2.39. The normalized spacial score (nSPS) is 21.6. The fourth-order valence-corrected chi connectivity index (χ4v) is 6.61. The third kappa shape index (κ3) is 9.23. The van der Waals surface area contributed by atoms with Crippen LogP contribution in [0.1, 0.15) is 47.1 Å². The Hall–Kier alpha value is -4.31. The number of benzene rings is 4. The summed E-state index contributed by atoms with van der Waals surface area (Å²) in [6.45, 7) is 12.2. The van der Waals surface area contributed by atoms with E-state index < -0.39 is 12.4 Å². The second kappa shape index (κ2) is 16.9. The lowest BCUT2D eigenvalue weighted by atomic mass is 9.89. The summed E-state index contributed by atoms with van der Waals surface area (Å²) in [5.74, 6) is 0.128. The summed E-state index contributed by atoms with van der Waals surface area (Å²) in [7, 11) is 0. The molecule has 0 radical (unpaired) electrons. The first-order valence-electron chi connectivity index (χ1n) is 17.2. The van der Waals surface area contributed by atoms with Crippen molar-refractivity contribution >= 4 is 6.09 Å². The quantitative estimate of drug-likeness (QED) is 0.161. The van der Waals surface area contributed by atoms with Crippen molar-refractivity contribution in [1.82, 2.24) is 15.1 Å². The third-order valence-corrected chi connectivity index (χ3v) is 9.49. The highest BCUT2D eigenvalue weighted by atomic mass is 16.7. The molecule has 4 atom stereocenters. The van der Waals surface area contributed by atoms with Gasteiger partial charge in [0.15, 0.2) is 6.29 Å². The Morgan fingerprint density at radius 1 is 0.837 bits per heavy atom. The maximum absolute atomic E-state index is 11.9. The van der Waals surface area contributed by atoms with Crippen LogP contribution in [0.25, 0.3) is 11.1 Å². The van der Waals surface area contributed by atoms with Crippen molar-refractivity contribution in [1.29, 1.82) is 0 Å². The minimum Gasteiger partial charge on any atom is -0.445 e. The molecule has 0 saturated carbocycles. The van der Waals surface area contributed by atoms with Crippen molar-refractivity contribution in [3.05, 3.63) is 144 Å². The fraction of sp³-hybridized carbons (Fsp3) is 0.341. The number of hydrogen-bond donors (Lipinski definition) is 2. The van der Waals surface area contributed by atoms with E-state index >= 15 is 0 Å². The highest BCUT2D eigenvalue weighted by Crippen LogP contribution is 2.42. The molecule has 2 N–H and O–H groups in total. The van der Waals surface area contributed by atoms with Gasteiger partial charge in [0, 0.05) is 57.3 Å². The molecule has 8 nitrogen and oxygen atoms in total. The highest BCUT2D eigenvalue weighted by molar-refractivity contribution is 5.68. The van der Waals surface area contributed by atoms with Gasteiger partial charge in [-0.25, -0.2) is 4.79 Å². The third-order valence-electron chi connectivity index (χ3n) is 9.49. The van der Waals surface area contributed by atoms with Gasteiger partial charge in [0.05, 0.1) is 18.8 Å². The van der Waals surface area contributed by atoms with Crippen LogP contribution in [0.5, 0.6) is 0 Å². The summed E-state index contributed by atoms with van der Waals surface area (Å²) in [5.41, 5.74) is 7.38. The molecule has 2 saturated heterocycles. The second-order valence-electron chi connectivity index (χ2n) is 12.9. The predicted octanol–water partition coefficient (Wildman–Crippen LogP) is 6.87. The zero-order valence-corrected chi connectivity index (χ0v) is 28.2. The first kappa shape index (κ1) is 34.5. The van der Waals surface area contributed by atoms with E-state index in [1.807, 2.05) is 24.3 Å². The largest absolute Gasteiger partial charge is 0.445 e. The molecule has 1 amide bonds.